The fourth-order valence-electron chi connectivity index (χ4n) is 3.63. The van der Waals surface area contributed by atoms with E-state index in [1.54, 1.807) is 18.2 Å². The highest BCUT2D eigenvalue weighted by Gasteiger charge is 2.18. The lowest BCUT2D eigenvalue weighted by Gasteiger charge is -2.18. The van der Waals surface area contributed by atoms with Gasteiger partial charge in [-0.15, -0.1) is 0 Å². The van der Waals surface area contributed by atoms with Crippen LogP contribution in [0.2, 0.25) is 0 Å². The SMILES string of the molecule is CC(C)c1nc2ccccc2c(-c2ccc(F)cc2)c1/C=C/C(O)CC(O)CC(=O)O. The Bertz CT molecular complexity index is 1090. The van der Waals surface area contributed by atoms with E-state index in [1.165, 1.54) is 18.2 Å². The topological polar surface area (TPSA) is 90.7 Å². The molecule has 1 aromatic heterocycles. The summed E-state index contributed by atoms with van der Waals surface area (Å²) in [6.07, 6.45) is 0.601. The van der Waals surface area contributed by atoms with Gasteiger partial charge in [0.15, 0.2) is 0 Å². The lowest BCUT2D eigenvalue weighted by atomic mass is 9.90. The molecule has 0 fully saturated rings. The normalized spacial score (nSPS) is 13.7. The lowest BCUT2D eigenvalue weighted by Crippen LogP contribution is -2.19. The molecule has 0 saturated carbocycles. The Balaban J connectivity index is 2.12. The first-order valence-electron chi connectivity index (χ1n) is 10.2. The zero-order valence-electron chi connectivity index (χ0n) is 17.5. The largest absolute Gasteiger partial charge is 0.481 e. The van der Waals surface area contributed by atoms with E-state index >= 15 is 0 Å². The summed E-state index contributed by atoms with van der Waals surface area (Å²) in [7, 11) is 0. The van der Waals surface area contributed by atoms with Gasteiger partial charge in [0.2, 0.25) is 0 Å². The number of aliphatic hydroxyl groups is 2. The molecule has 0 aliphatic rings. The second-order valence-corrected chi connectivity index (χ2v) is 7.88. The smallest absolute Gasteiger partial charge is 0.305 e. The molecule has 3 N–H and O–H groups in total. The molecule has 3 rings (SSSR count). The first-order chi connectivity index (χ1) is 14.8. The summed E-state index contributed by atoms with van der Waals surface area (Å²) >= 11 is 0. The fraction of sp³-hybridized carbons (Fsp3) is 0.280. The number of halogens is 1. The minimum atomic E-state index is -1.15. The number of benzene rings is 2. The lowest BCUT2D eigenvalue weighted by molar-refractivity contribution is -0.139. The van der Waals surface area contributed by atoms with Gasteiger partial charge in [0.05, 0.1) is 29.8 Å². The molecule has 0 amide bonds. The van der Waals surface area contributed by atoms with Gasteiger partial charge in [0, 0.05) is 22.9 Å². The van der Waals surface area contributed by atoms with Crippen molar-refractivity contribution in [3.63, 3.8) is 0 Å². The number of para-hydroxylation sites is 1. The first kappa shape index (κ1) is 22.6. The highest BCUT2D eigenvalue weighted by atomic mass is 19.1. The molecular weight excluding hydrogens is 397 g/mol. The highest BCUT2D eigenvalue weighted by molar-refractivity contribution is 5.99. The standard InChI is InChI=1S/C25H26FNO4/c1-15(2)25-21(12-11-18(28)13-19(29)14-23(30)31)24(16-7-9-17(26)10-8-16)20-5-3-4-6-22(20)27-25/h3-12,15,18-19,28-29H,13-14H2,1-2H3,(H,30,31)/b12-11+. The van der Waals surface area contributed by atoms with Crippen LogP contribution in [-0.4, -0.2) is 38.5 Å². The van der Waals surface area contributed by atoms with Crippen molar-refractivity contribution in [2.75, 3.05) is 0 Å². The molecule has 2 atom stereocenters. The van der Waals surface area contributed by atoms with Crippen molar-refractivity contribution in [2.24, 2.45) is 0 Å². The maximum atomic E-state index is 13.6. The van der Waals surface area contributed by atoms with Crippen LogP contribution in [0.3, 0.4) is 0 Å². The first-order valence-corrected chi connectivity index (χ1v) is 10.2. The van der Waals surface area contributed by atoms with Gasteiger partial charge < -0.3 is 15.3 Å². The van der Waals surface area contributed by atoms with Gasteiger partial charge in [-0.25, -0.2) is 4.39 Å². The zero-order valence-corrected chi connectivity index (χ0v) is 17.5. The number of carboxylic acids is 1. The summed E-state index contributed by atoms with van der Waals surface area (Å²) in [5, 5.41) is 29.8. The number of pyridine rings is 1. The second kappa shape index (κ2) is 9.81. The quantitative estimate of drug-likeness (QED) is 0.486. The summed E-state index contributed by atoms with van der Waals surface area (Å²) < 4.78 is 13.6. The van der Waals surface area contributed by atoms with Crippen LogP contribution >= 0.6 is 0 Å². The molecule has 0 radical (unpaired) electrons. The van der Waals surface area contributed by atoms with E-state index in [4.69, 9.17) is 10.1 Å². The Labute approximate surface area is 180 Å². The molecule has 0 aliphatic carbocycles. The number of aromatic nitrogens is 1. The van der Waals surface area contributed by atoms with Gasteiger partial charge in [0.25, 0.3) is 0 Å². The van der Waals surface area contributed by atoms with Crippen LogP contribution in [0, 0.1) is 5.82 Å². The molecule has 0 saturated heterocycles. The predicted molar refractivity (Wildman–Crippen MR) is 119 cm³/mol. The van der Waals surface area contributed by atoms with Crippen molar-refractivity contribution in [3.8, 4) is 11.1 Å². The van der Waals surface area contributed by atoms with Crippen LogP contribution in [0.25, 0.3) is 28.1 Å². The number of hydrogen-bond donors (Lipinski definition) is 3. The van der Waals surface area contributed by atoms with Crippen LogP contribution < -0.4 is 0 Å². The fourth-order valence-corrected chi connectivity index (χ4v) is 3.63. The van der Waals surface area contributed by atoms with Crippen molar-refractivity contribution < 1.29 is 24.5 Å². The van der Waals surface area contributed by atoms with Crippen LogP contribution in [0.1, 0.15) is 43.9 Å². The Morgan fingerprint density at radius 2 is 1.77 bits per heavy atom. The van der Waals surface area contributed by atoms with Crippen molar-refractivity contribution in [3.05, 3.63) is 71.7 Å². The molecule has 0 aliphatic heterocycles. The van der Waals surface area contributed by atoms with Gasteiger partial charge >= 0.3 is 5.97 Å². The van der Waals surface area contributed by atoms with Crippen molar-refractivity contribution in [1.29, 1.82) is 0 Å². The number of aliphatic hydroxyl groups excluding tert-OH is 2. The minimum Gasteiger partial charge on any atom is -0.481 e. The van der Waals surface area contributed by atoms with E-state index in [0.29, 0.717) is 0 Å². The van der Waals surface area contributed by atoms with E-state index < -0.39 is 24.6 Å². The third kappa shape index (κ3) is 5.54. The molecule has 1 heterocycles. The van der Waals surface area contributed by atoms with Gasteiger partial charge in [0.1, 0.15) is 5.82 Å². The van der Waals surface area contributed by atoms with Crippen LogP contribution in [0.4, 0.5) is 4.39 Å². The number of fused-ring (bicyclic) bond motifs is 1. The van der Waals surface area contributed by atoms with Gasteiger partial charge in [-0.1, -0.05) is 56.3 Å². The summed E-state index contributed by atoms with van der Waals surface area (Å²) in [6.45, 7) is 4.05. The van der Waals surface area contributed by atoms with Crippen LogP contribution in [0.15, 0.2) is 54.6 Å². The monoisotopic (exact) mass is 423 g/mol. The summed E-state index contributed by atoms with van der Waals surface area (Å²) in [6, 6.07) is 14.0. The van der Waals surface area contributed by atoms with Crippen molar-refractivity contribution >= 4 is 22.9 Å². The Kier molecular flexibility index (Phi) is 7.15. The number of aliphatic carboxylic acids is 1. The summed E-state index contributed by atoms with van der Waals surface area (Å²) in [4.78, 5) is 15.6. The Morgan fingerprint density at radius 3 is 2.42 bits per heavy atom. The van der Waals surface area contributed by atoms with Gasteiger partial charge in [-0.05, 0) is 29.7 Å². The third-order valence-electron chi connectivity index (χ3n) is 5.05. The number of rotatable bonds is 8. The van der Waals surface area contributed by atoms with Crippen molar-refractivity contribution in [1.82, 2.24) is 4.98 Å². The summed E-state index contributed by atoms with van der Waals surface area (Å²) in [5.74, 6) is -1.37. The molecule has 6 heteroatoms. The van der Waals surface area contributed by atoms with E-state index in [-0.39, 0.29) is 18.2 Å². The average Bonchev–Trinajstić information content (AvgIpc) is 2.71. The molecule has 3 aromatic rings. The maximum absolute atomic E-state index is 13.6. The molecule has 0 bridgehead atoms. The summed E-state index contributed by atoms with van der Waals surface area (Å²) in [5.41, 5.74) is 4.14. The number of carbonyl (C=O) groups is 1. The van der Waals surface area contributed by atoms with Gasteiger partial charge in [-0.2, -0.15) is 0 Å². The highest BCUT2D eigenvalue weighted by Crippen LogP contribution is 2.36. The second-order valence-electron chi connectivity index (χ2n) is 7.88. The minimum absolute atomic E-state index is 0.0817. The predicted octanol–water partition coefficient (Wildman–Crippen LogP) is 4.76. The molecular formula is C25H26FNO4. The van der Waals surface area contributed by atoms with Crippen LogP contribution in [0.5, 0.6) is 0 Å². The number of hydrogen-bond acceptors (Lipinski definition) is 4. The number of carboxylic acid groups (broad SMARTS) is 1. The van der Waals surface area contributed by atoms with E-state index in [0.717, 1.165) is 33.3 Å². The maximum Gasteiger partial charge on any atom is 0.305 e. The average molecular weight is 423 g/mol. The van der Waals surface area contributed by atoms with Crippen molar-refractivity contribution in [2.45, 2.75) is 44.8 Å². The molecule has 2 aromatic carbocycles. The number of nitrogens with zero attached hydrogens (tertiary/aromatic N) is 1. The molecule has 5 nitrogen and oxygen atoms in total. The third-order valence-corrected chi connectivity index (χ3v) is 5.05. The van der Waals surface area contributed by atoms with Gasteiger partial charge in [-0.3, -0.25) is 9.78 Å². The van der Waals surface area contributed by atoms with Crippen LogP contribution in [-0.2, 0) is 4.79 Å². The Morgan fingerprint density at radius 1 is 1.10 bits per heavy atom. The zero-order chi connectivity index (χ0) is 22.5. The molecule has 0 spiro atoms. The Hall–Kier alpha value is -3.09. The molecule has 31 heavy (non-hydrogen) atoms. The molecule has 162 valence electrons. The van der Waals surface area contributed by atoms with E-state index in [1.807, 2.05) is 38.1 Å². The molecule has 2 unspecified atom stereocenters. The van der Waals surface area contributed by atoms with E-state index in [2.05, 4.69) is 0 Å². The van der Waals surface area contributed by atoms with E-state index in [9.17, 15) is 19.4 Å².